The zero-order valence-electron chi connectivity index (χ0n) is 6.43. The summed E-state index contributed by atoms with van der Waals surface area (Å²) in [6.07, 6.45) is 0.642. The van der Waals surface area contributed by atoms with Crippen LogP contribution in [0.5, 0.6) is 0 Å². The average Bonchev–Trinajstić information content (AvgIpc) is 2.04. The van der Waals surface area contributed by atoms with Crippen molar-refractivity contribution in [2.75, 3.05) is 13.1 Å². The number of carboxylic acid groups (broad SMARTS) is 1. The van der Waals surface area contributed by atoms with E-state index in [1.54, 1.807) is 0 Å². The molecule has 0 saturated carbocycles. The number of carbonyl (C=O) groups is 1. The van der Waals surface area contributed by atoms with E-state index in [0.717, 1.165) is 5.01 Å². The number of hydrogen-bond acceptors (Lipinski definition) is 4. The summed E-state index contributed by atoms with van der Waals surface area (Å²) in [4.78, 5) is 20.6. The highest BCUT2D eigenvalue weighted by Gasteiger charge is 2.40. The van der Waals surface area contributed by atoms with E-state index in [-0.39, 0.29) is 13.0 Å². The summed E-state index contributed by atoms with van der Waals surface area (Å²) in [5, 5.41) is 21.6. The number of aliphatic carboxylic acids is 1. The van der Waals surface area contributed by atoms with Crippen molar-refractivity contribution < 1.29 is 15.0 Å². The van der Waals surface area contributed by atoms with Gasteiger partial charge in [0.1, 0.15) is 0 Å². The molecule has 6 nitrogen and oxygen atoms in total. The quantitative estimate of drug-likeness (QED) is 0.555. The van der Waals surface area contributed by atoms with Crippen molar-refractivity contribution in [3.8, 4) is 0 Å². The minimum atomic E-state index is -1.80. The van der Waals surface area contributed by atoms with Gasteiger partial charge < -0.3 is 10.2 Å². The van der Waals surface area contributed by atoms with Crippen LogP contribution in [-0.4, -0.2) is 39.9 Å². The van der Waals surface area contributed by atoms with Gasteiger partial charge >= 0.3 is 5.97 Å². The Bertz CT molecular complexity index is 208. The predicted octanol–water partition coefficient (Wildman–Crippen LogP) is -0.421. The molecular weight excluding hydrogens is 164 g/mol. The molecule has 0 aromatic rings. The zero-order valence-corrected chi connectivity index (χ0v) is 6.43. The first-order chi connectivity index (χ1) is 5.58. The molecule has 6 heteroatoms. The van der Waals surface area contributed by atoms with Gasteiger partial charge in [0.05, 0.1) is 11.8 Å². The Balaban J connectivity index is 2.66. The minimum absolute atomic E-state index is 0.175. The Morgan fingerprint density at radius 2 is 2.25 bits per heavy atom. The van der Waals surface area contributed by atoms with Crippen molar-refractivity contribution in [1.29, 1.82) is 0 Å². The topological polar surface area (TPSA) is 90.2 Å². The lowest BCUT2D eigenvalue weighted by Gasteiger charge is -2.32. The van der Waals surface area contributed by atoms with E-state index in [4.69, 9.17) is 5.11 Å². The molecule has 68 valence electrons. The monoisotopic (exact) mass is 174 g/mol. The van der Waals surface area contributed by atoms with Crippen LogP contribution >= 0.6 is 0 Å². The molecule has 1 heterocycles. The van der Waals surface area contributed by atoms with Crippen LogP contribution in [0.2, 0.25) is 0 Å². The molecule has 1 aliphatic rings. The SMILES string of the molecule is O=NN1CCCC(O)(C(=O)O)C1. The van der Waals surface area contributed by atoms with Gasteiger partial charge in [-0.25, -0.2) is 4.79 Å². The largest absolute Gasteiger partial charge is 0.479 e. The Morgan fingerprint density at radius 1 is 1.58 bits per heavy atom. The lowest BCUT2D eigenvalue weighted by atomic mass is 9.94. The van der Waals surface area contributed by atoms with Crippen LogP contribution in [0.15, 0.2) is 5.29 Å². The number of carboxylic acids is 1. The maximum Gasteiger partial charge on any atom is 0.337 e. The van der Waals surface area contributed by atoms with Gasteiger partial charge in [0.25, 0.3) is 0 Å². The van der Waals surface area contributed by atoms with Crippen LogP contribution in [0.4, 0.5) is 0 Å². The fourth-order valence-electron chi connectivity index (χ4n) is 1.26. The fourth-order valence-corrected chi connectivity index (χ4v) is 1.26. The molecule has 0 aromatic carbocycles. The molecule has 0 radical (unpaired) electrons. The molecule has 2 N–H and O–H groups in total. The van der Waals surface area contributed by atoms with E-state index < -0.39 is 11.6 Å². The van der Waals surface area contributed by atoms with Crippen molar-refractivity contribution in [1.82, 2.24) is 5.01 Å². The molecule has 1 aliphatic heterocycles. The molecule has 1 saturated heterocycles. The lowest BCUT2D eigenvalue weighted by Crippen LogP contribution is -2.51. The normalized spacial score (nSPS) is 29.9. The van der Waals surface area contributed by atoms with Gasteiger partial charge in [-0.05, 0) is 12.8 Å². The van der Waals surface area contributed by atoms with Gasteiger partial charge in [0.2, 0.25) is 0 Å². The van der Waals surface area contributed by atoms with Crippen LogP contribution in [-0.2, 0) is 4.79 Å². The van der Waals surface area contributed by atoms with E-state index in [1.165, 1.54) is 0 Å². The van der Waals surface area contributed by atoms with E-state index >= 15 is 0 Å². The average molecular weight is 174 g/mol. The highest BCUT2D eigenvalue weighted by Crippen LogP contribution is 2.21. The first-order valence-electron chi connectivity index (χ1n) is 3.62. The Labute approximate surface area is 68.7 Å². The van der Waals surface area contributed by atoms with Crippen molar-refractivity contribution in [2.45, 2.75) is 18.4 Å². The third-order valence-corrected chi connectivity index (χ3v) is 1.96. The molecule has 1 rings (SSSR count). The van der Waals surface area contributed by atoms with E-state index in [1.807, 2.05) is 0 Å². The van der Waals surface area contributed by atoms with Crippen LogP contribution in [0.25, 0.3) is 0 Å². The van der Waals surface area contributed by atoms with E-state index in [9.17, 15) is 14.8 Å². The standard InChI is InChI=1S/C6H10N2O4/c9-5(10)6(11)2-1-3-8(4-6)7-12/h11H,1-4H2,(H,9,10). The molecule has 0 amide bonds. The van der Waals surface area contributed by atoms with Crippen LogP contribution < -0.4 is 0 Å². The number of aliphatic hydroxyl groups is 1. The van der Waals surface area contributed by atoms with Crippen molar-refractivity contribution in [2.24, 2.45) is 5.29 Å². The number of nitroso groups, excluding NO2 is 1. The second kappa shape index (κ2) is 3.06. The molecule has 1 atom stereocenters. The van der Waals surface area contributed by atoms with E-state index in [2.05, 4.69) is 5.29 Å². The number of nitrogens with zero attached hydrogens (tertiary/aromatic N) is 2. The molecule has 0 spiro atoms. The maximum absolute atomic E-state index is 10.5. The summed E-state index contributed by atoms with van der Waals surface area (Å²) in [5.41, 5.74) is -1.80. The third-order valence-electron chi connectivity index (χ3n) is 1.96. The highest BCUT2D eigenvalue weighted by molar-refractivity contribution is 5.77. The fraction of sp³-hybridized carbons (Fsp3) is 0.833. The zero-order chi connectivity index (χ0) is 9.19. The lowest BCUT2D eigenvalue weighted by molar-refractivity contribution is -0.164. The van der Waals surface area contributed by atoms with Crippen molar-refractivity contribution in [3.63, 3.8) is 0 Å². The Morgan fingerprint density at radius 3 is 2.75 bits per heavy atom. The minimum Gasteiger partial charge on any atom is -0.479 e. The highest BCUT2D eigenvalue weighted by atomic mass is 16.4. The first kappa shape index (κ1) is 8.92. The summed E-state index contributed by atoms with van der Waals surface area (Å²) in [7, 11) is 0. The predicted molar refractivity (Wildman–Crippen MR) is 39.2 cm³/mol. The van der Waals surface area contributed by atoms with E-state index in [0.29, 0.717) is 13.0 Å². The number of rotatable bonds is 2. The Hall–Kier alpha value is -1.17. The smallest absolute Gasteiger partial charge is 0.337 e. The molecule has 12 heavy (non-hydrogen) atoms. The second-order valence-electron chi connectivity index (χ2n) is 2.91. The number of piperidine rings is 1. The molecule has 1 fully saturated rings. The summed E-state index contributed by atoms with van der Waals surface area (Å²) >= 11 is 0. The van der Waals surface area contributed by atoms with Gasteiger partial charge in [-0.1, -0.05) is 0 Å². The summed E-state index contributed by atoms with van der Waals surface area (Å²) < 4.78 is 0. The van der Waals surface area contributed by atoms with Gasteiger partial charge in [-0.2, -0.15) is 0 Å². The van der Waals surface area contributed by atoms with Crippen LogP contribution in [0.1, 0.15) is 12.8 Å². The van der Waals surface area contributed by atoms with Gasteiger partial charge in [0, 0.05) is 6.54 Å². The van der Waals surface area contributed by atoms with Crippen molar-refractivity contribution >= 4 is 5.97 Å². The van der Waals surface area contributed by atoms with Gasteiger partial charge in [0.15, 0.2) is 5.60 Å². The molecular formula is C6H10N2O4. The summed E-state index contributed by atoms with van der Waals surface area (Å²) in [6, 6.07) is 0. The molecule has 0 aromatic heterocycles. The first-order valence-corrected chi connectivity index (χ1v) is 3.62. The second-order valence-corrected chi connectivity index (χ2v) is 2.91. The van der Waals surface area contributed by atoms with Crippen LogP contribution in [0, 0.1) is 4.91 Å². The molecule has 0 bridgehead atoms. The van der Waals surface area contributed by atoms with Gasteiger partial charge in [-0.3, -0.25) is 5.01 Å². The third kappa shape index (κ3) is 1.53. The van der Waals surface area contributed by atoms with Gasteiger partial charge in [-0.15, -0.1) is 4.91 Å². The number of β-amino-alcohol motifs (C(OH)–C–C–N with tert-alkyl or cyclic N) is 1. The van der Waals surface area contributed by atoms with Crippen molar-refractivity contribution in [3.05, 3.63) is 4.91 Å². The molecule has 0 aliphatic carbocycles. The maximum atomic E-state index is 10.5. The summed E-state index contributed by atoms with van der Waals surface area (Å²) in [6.45, 7) is 0.199. The summed E-state index contributed by atoms with van der Waals surface area (Å²) in [5.74, 6) is -1.30. The number of hydrogen-bond donors (Lipinski definition) is 2. The van der Waals surface area contributed by atoms with Crippen LogP contribution in [0.3, 0.4) is 0 Å². The Kier molecular flexibility index (Phi) is 2.27. The molecule has 1 unspecified atom stereocenters.